The van der Waals surface area contributed by atoms with E-state index in [1.54, 1.807) is 33.7 Å². The van der Waals surface area contributed by atoms with E-state index >= 15 is 0 Å². The Morgan fingerprint density at radius 1 is 1.27 bits per heavy atom. The molecule has 2 saturated heterocycles. The van der Waals surface area contributed by atoms with Crippen LogP contribution in [0.3, 0.4) is 0 Å². The maximum absolute atomic E-state index is 12.6. The van der Waals surface area contributed by atoms with Crippen molar-refractivity contribution in [2.45, 2.75) is 31.2 Å². The molecular weight excluding hydrogens is 302 g/mol. The molecule has 1 amide bonds. The van der Waals surface area contributed by atoms with Gasteiger partial charge in [-0.2, -0.15) is 4.31 Å². The van der Waals surface area contributed by atoms with Gasteiger partial charge in [-0.05, 0) is 37.8 Å². The van der Waals surface area contributed by atoms with Crippen LogP contribution < -0.4 is 0 Å². The number of hydrogen-bond acceptors (Lipinski definition) is 4. The molecule has 3 rings (SSSR count). The number of piperidine rings is 1. The zero-order valence-electron chi connectivity index (χ0n) is 12.7. The first kappa shape index (κ1) is 15.4. The zero-order chi connectivity index (χ0) is 15.8. The molecule has 1 aromatic rings. The van der Waals surface area contributed by atoms with Crippen molar-refractivity contribution in [1.29, 1.82) is 0 Å². The third-order valence-electron chi connectivity index (χ3n) is 4.68. The maximum Gasteiger partial charge on any atom is 0.255 e. The van der Waals surface area contributed by atoms with E-state index in [1.165, 1.54) is 6.26 Å². The third-order valence-corrected chi connectivity index (χ3v) is 6.05. The molecule has 1 spiro atoms. The highest BCUT2D eigenvalue weighted by Gasteiger charge is 2.48. The van der Waals surface area contributed by atoms with Crippen LogP contribution in [0.25, 0.3) is 0 Å². The predicted octanol–water partition coefficient (Wildman–Crippen LogP) is 1.11. The molecule has 6 nitrogen and oxygen atoms in total. The molecule has 0 aromatic carbocycles. The largest absolute Gasteiger partial charge is 0.337 e. The van der Waals surface area contributed by atoms with Gasteiger partial charge in [0.2, 0.25) is 10.0 Å². The lowest BCUT2D eigenvalue weighted by Gasteiger charge is -2.44. The summed E-state index contributed by atoms with van der Waals surface area (Å²) in [6.07, 6.45) is 7.82. The first-order chi connectivity index (χ1) is 10.4. The fraction of sp³-hybridized carbons (Fsp3) is 0.600. The number of likely N-dealkylation sites (tertiary alicyclic amines) is 1. The van der Waals surface area contributed by atoms with E-state index < -0.39 is 15.6 Å². The highest BCUT2D eigenvalue weighted by molar-refractivity contribution is 7.88. The van der Waals surface area contributed by atoms with E-state index in [4.69, 9.17) is 0 Å². The van der Waals surface area contributed by atoms with Gasteiger partial charge in [0.15, 0.2) is 0 Å². The van der Waals surface area contributed by atoms with Gasteiger partial charge >= 0.3 is 0 Å². The van der Waals surface area contributed by atoms with Gasteiger partial charge in [-0.15, -0.1) is 0 Å². The standard InChI is InChI=1S/C15H21N3O3S/c1-22(20,21)18-10-4-7-15(18)6-3-9-17(12-15)14(19)13-5-2-8-16-11-13/h2,5,8,11H,3-4,6-7,9-10,12H2,1H3/t15-/m0/s1. The van der Waals surface area contributed by atoms with E-state index in [-0.39, 0.29) is 5.91 Å². The van der Waals surface area contributed by atoms with Gasteiger partial charge in [-0.25, -0.2) is 8.42 Å². The minimum atomic E-state index is -3.24. The number of carbonyl (C=O) groups excluding carboxylic acids is 1. The molecule has 0 saturated carbocycles. The van der Waals surface area contributed by atoms with Crippen molar-refractivity contribution in [3.63, 3.8) is 0 Å². The molecule has 0 unspecified atom stereocenters. The Kier molecular flexibility index (Phi) is 3.94. The summed E-state index contributed by atoms with van der Waals surface area (Å²) in [6.45, 7) is 1.72. The number of amides is 1. The summed E-state index contributed by atoms with van der Waals surface area (Å²) in [4.78, 5) is 18.4. The molecule has 0 aliphatic carbocycles. The molecule has 1 atom stereocenters. The van der Waals surface area contributed by atoms with Gasteiger partial charge in [0, 0.05) is 32.0 Å². The highest BCUT2D eigenvalue weighted by atomic mass is 32.2. The van der Waals surface area contributed by atoms with Crippen molar-refractivity contribution in [2.24, 2.45) is 0 Å². The van der Waals surface area contributed by atoms with Crippen molar-refractivity contribution in [1.82, 2.24) is 14.2 Å². The van der Waals surface area contributed by atoms with Crippen molar-refractivity contribution >= 4 is 15.9 Å². The average molecular weight is 323 g/mol. The van der Waals surface area contributed by atoms with E-state index in [9.17, 15) is 13.2 Å². The van der Waals surface area contributed by atoms with E-state index in [0.717, 1.165) is 25.7 Å². The number of pyridine rings is 1. The zero-order valence-corrected chi connectivity index (χ0v) is 13.6. The molecule has 2 aliphatic heterocycles. The summed E-state index contributed by atoms with van der Waals surface area (Å²) >= 11 is 0. The minimum Gasteiger partial charge on any atom is -0.337 e. The van der Waals surface area contributed by atoms with Crippen molar-refractivity contribution in [3.05, 3.63) is 30.1 Å². The molecule has 2 aliphatic rings. The molecule has 2 fully saturated rings. The van der Waals surface area contributed by atoms with E-state index in [1.807, 2.05) is 0 Å². The normalized spacial score (nSPS) is 26.5. The van der Waals surface area contributed by atoms with Crippen LogP contribution in [0.15, 0.2) is 24.5 Å². The first-order valence-corrected chi connectivity index (χ1v) is 9.44. The molecule has 0 N–H and O–H groups in total. The van der Waals surface area contributed by atoms with Crippen LogP contribution in [0.4, 0.5) is 0 Å². The van der Waals surface area contributed by atoms with Crippen LogP contribution in [0.5, 0.6) is 0 Å². The SMILES string of the molecule is CS(=O)(=O)N1CCC[C@]12CCCN(C(=O)c1cccnc1)C2. The van der Waals surface area contributed by atoms with E-state index in [0.29, 0.717) is 25.2 Å². The lowest BCUT2D eigenvalue weighted by molar-refractivity contribution is 0.0524. The molecule has 22 heavy (non-hydrogen) atoms. The van der Waals surface area contributed by atoms with E-state index in [2.05, 4.69) is 4.98 Å². The Hall–Kier alpha value is -1.47. The second-order valence-electron chi connectivity index (χ2n) is 6.23. The Morgan fingerprint density at radius 3 is 2.64 bits per heavy atom. The topological polar surface area (TPSA) is 70.6 Å². The molecule has 3 heterocycles. The van der Waals surface area contributed by atoms with Crippen LogP contribution in [-0.2, 0) is 10.0 Å². The molecular formula is C15H21N3O3S. The van der Waals surface area contributed by atoms with Crippen LogP contribution in [0.2, 0.25) is 0 Å². The molecule has 120 valence electrons. The molecule has 0 bridgehead atoms. The van der Waals surface area contributed by atoms with Crippen LogP contribution in [0.1, 0.15) is 36.0 Å². The molecule has 0 radical (unpaired) electrons. The smallest absolute Gasteiger partial charge is 0.255 e. The Morgan fingerprint density at radius 2 is 2.00 bits per heavy atom. The van der Waals surface area contributed by atoms with Crippen LogP contribution >= 0.6 is 0 Å². The van der Waals surface area contributed by atoms with Gasteiger partial charge in [0.1, 0.15) is 0 Å². The second-order valence-corrected chi connectivity index (χ2v) is 8.14. The predicted molar refractivity (Wildman–Crippen MR) is 82.9 cm³/mol. The number of aromatic nitrogens is 1. The summed E-state index contributed by atoms with van der Waals surface area (Å²) in [5.41, 5.74) is 0.146. The number of hydrogen-bond donors (Lipinski definition) is 0. The maximum atomic E-state index is 12.6. The Labute approximate surface area is 131 Å². The van der Waals surface area contributed by atoms with Crippen LogP contribution in [-0.4, -0.2) is 59.9 Å². The monoisotopic (exact) mass is 323 g/mol. The fourth-order valence-electron chi connectivity index (χ4n) is 3.80. The lowest BCUT2D eigenvalue weighted by atomic mass is 9.87. The highest BCUT2D eigenvalue weighted by Crippen LogP contribution is 2.39. The van der Waals surface area contributed by atoms with Crippen molar-refractivity contribution in [2.75, 3.05) is 25.9 Å². The molecule has 1 aromatic heterocycles. The quantitative estimate of drug-likeness (QED) is 0.817. The first-order valence-electron chi connectivity index (χ1n) is 7.60. The fourth-order valence-corrected chi connectivity index (χ4v) is 5.20. The summed E-state index contributed by atoms with van der Waals surface area (Å²) in [5, 5.41) is 0. The Balaban J connectivity index is 1.84. The van der Waals surface area contributed by atoms with Gasteiger partial charge in [0.05, 0.1) is 17.4 Å². The Bertz CT molecular complexity index is 662. The average Bonchev–Trinajstić information content (AvgIpc) is 2.90. The number of nitrogens with zero attached hydrogens (tertiary/aromatic N) is 3. The number of carbonyl (C=O) groups is 1. The van der Waals surface area contributed by atoms with Gasteiger partial charge in [-0.3, -0.25) is 9.78 Å². The summed E-state index contributed by atoms with van der Waals surface area (Å²) in [6, 6.07) is 3.49. The third kappa shape index (κ3) is 2.75. The van der Waals surface area contributed by atoms with Crippen molar-refractivity contribution < 1.29 is 13.2 Å². The van der Waals surface area contributed by atoms with Crippen molar-refractivity contribution in [3.8, 4) is 0 Å². The molecule has 7 heteroatoms. The van der Waals surface area contributed by atoms with Gasteiger partial charge in [-0.1, -0.05) is 0 Å². The second kappa shape index (κ2) is 5.62. The van der Waals surface area contributed by atoms with Gasteiger partial charge < -0.3 is 4.90 Å². The summed E-state index contributed by atoms with van der Waals surface area (Å²) in [5.74, 6) is -0.0625. The van der Waals surface area contributed by atoms with Gasteiger partial charge in [0.25, 0.3) is 5.91 Å². The summed E-state index contributed by atoms with van der Waals surface area (Å²) in [7, 11) is -3.24. The summed E-state index contributed by atoms with van der Waals surface area (Å²) < 4.78 is 25.7. The van der Waals surface area contributed by atoms with Crippen LogP contribution in [0, 0.1) is 0 Å². The number of rotatable bonds is 2. The number of sulfonamides is 1. The lowest BCUT2D eigenvalue weighted by Crippen LogP contribution is -2.58. The minimum absolute atomic E-state index is 0.0625.